The minimum atomic E-state index is -0.493. The van der Waals surface area contributed by atoms with Gasteiger partial charge in [0.05, 0.1) is 18.7 Å². The predicted octanol–water partition coefficient (Wildman–Crippen LogP) is 4.98. The van der Waals surface area contributed by atoms with E-state index in [-0.39, 0.29) is 44.5 Å². The number of amides is 2. The number of nitrogens with zero attached hydrogens (tertiary/aromatic N) is 2. The summed E-state index contributed by atoms with van der Waals surface area (Å²) in [6.07, 6.45) is 0.410. The number of urea groups is 1. The molecule has 2 amide bonds. The van der Waals surface area contributed by atoms with Crippen molar-refractivity contribution < 1.29 is 23.8 Å². The van der Waals surface area contributed by atoms with Gasteiger partial charge in [-0.3, -0.25) is 9.80 Å². The molecule has 0 N–H and O–H groups in total. The summed E-state index contributed by atoms with van der Waals surface area (Å²) in [5.41, 5.74) is 1.55. The molecular formula is C27H32N2O5. The zero-order valence-corrected chi connectivity index (χ0v) is 20.2. The molecule has 1 heterocycles. The molecule has 0 bridgehead atoms. The lowest BCUT2D eigenvalue weighted by Crippen LogP contribution is -2.57. The van der Waals surface area contributed by atoms with E-state index in [1.54, 1.807) is 0 Å². The number of carbonyl (C=O) groups excluding carboxylic acids is 2. The summed E-state index contributed by atoms with van der Waals surface area (Å²) in [4.78, 5) is 29.1. The number of rotatable bonds is 8. The molecule has 0 aromatic heterocycles. The van der Waals surface area contributed by atoms with Crippen molar-refractivity contribution in [1.82, 2.24) is 9.80 Å². The van der Waals surface area contributed by atoms with Crippen molar-refractivity contribution in [2.75, 3.05) is 40.8 Å². The van der Waals surface area contributed by atoms with Crippen molar-refractivity contribution in [3.8, 4) is 0 Å². The van der Waals surface area contributed by atoms with Crippen LogP contribution < -0.4 is 0 Å². The van der Waals surface area contributed by atoms with Crippen molar-refractivity contribution in [3.63, 3.8) is 0 Å². The second kappa shape index (κ2) is 10.4. The average Bonchev–Trinajstić information content (AvgIpc) is 2.84. The first-order chi connectivity index (χ1) is 16.4. The quantitative estimate of drug-likeness (QED) is 0.348. The Morgan fingerprint density at radius 1 is 0.941 bits per heavy atom. The summed E-state index contributed by atoms with van der Waals surface area (Å²) in [7, 11) is 3.06. The van der Waals surface area contributed by atoms with Crippen molar-refractivity contribution in [3.05, 3.63) is 59.7 Å². The van der Waals surface area contributed by atoms with Gasteiger partial charge < -0.3 is 14.2 Å². The first-order valence-electron chi connectivity index (χ1n) is 11.6. The molecule has 180 valence electrons. The molecule has 1 fully saturated rings. The molecule has 0 radical (unpaired) electrons. The molecule has 4 rings (SSSR count). The van der Waals surface area contributed by atoms with E-state index in [4.69, 9.17) is 14.2 Å². The summed E-state index contributed by atoms with van der Waals surface area (Å²) in [5, 5.41) is 4.40. The van der Waals surface area contributed by atoms with Crippen LogP contribution in [0.25, 0.3) is 21.5 Å². The van der Waals surface area contributed by atoms with Crippen LogP contribution in [0.15, 0.2) is 48.5 Å². The molecule has 0 aliphatic carbocycles. The molecule has 34 heavy (non-hydrogen) atoms. The van der Waals surface area contributed by atoms with E-state index in [0.29, 0.717) is 5.56 Å². The SMILES string of the molecule is CCC(C)c1cc2cc3ccccc3cc2cc1C(=O)OC1CN(COC)C(=O)N(COC)C1. The molecule has 0 saturated carbocycles. The fourth-order valence-electron chi connectivity index (χ4n) is 4.54. The molecule has 1 aliphatic rings. The molecular weight excluding hydrogens is 432 g/mol. The lowest BCUT2D eigenvalue weighted by atomic mass is 9.90. The fraction of sp³-hybridized carbons (Fsp3) is 0.407. The normalized spacial score (nSPS) is 15.8. The van der Waals surface area contributed by atoms with Gasteiger partial charge in [0.1, 0.15) is 19.6 Å². The van der Waals surface area contributed by atoms with Gasteiger partial charge in [-0.2, -0.15) is 0 Å². The Kier molecular flexibility index (Phi) is 7.34. The summed E-state index contributed by atoms with van der Waals surface area (Å²) in [5.74, 6) is -0.180. The molecule has 7 nitrogen and oxygen atoms in total. The van der Waals surface area contributed by atoms with Gasteiger partial charge in [-0.15, -0.1) is 0 Å². The Hall–Kier alpha value is -3.16. The molecule has 3 aromatic rings. The number of esters is 1. The largest absolute Gasteiger partial charge is 0.455 e. The highest BCUT2D eigenvalue weighted by Gasteiger charge is 2.34. The lowest BCUT2D eigenvalue weighted by Gasteiger charge is -2.38. The number of carbonyl (C=O) groups is 2. The van der Waals surface area contributed by atoms with Crippen molar-refractivity contribution in [1.29, 1.82) is 0 Å². The number of fused-ring (bicyclic) bond motifs is 2. The van der Waals surface area contributed by atoms with Crippen molar-refractivity contribution >= 4 is 33.5 Å². The number of methoxy groups -OCH3 is 2. The second-order valence-corrected chi connectivity index (χ2v) is 8.89. The zero-order chi connectivity index (χ0) is 24.2. The smallest absolute Gasteiger partial charge is 0.338 e. The van der Waals surface area contributed by atoms with Gasteiger partial charge in [0, 0.05) is 14.2 Å². The maximum atomic E-state index is 13.5. The van der Waals surface area contributed by atoms with Gasteiger partial charge in [-0.05, 0) is 57.6 Å². The monoisotopic (exact) mass is 464 g/mol. The average molecular weight is 465 g/mol. The van der Waals surface area contributed by atoms with Crippen LogP contribution in [0, 0.1) is 0 Å². The number of benzene rings is 3. The number of ether oxygens (including phenoxy) is 3. The lowest BCUT2D eigenvalue weighted by molar-refractivity contribution is -0.0402. The molecule has 1 atom stereocenters. The Morgan fingerprint density at radius 2 is 1.50 bits per heavy atom. The van der Waals surface area contributed by atoms with Gasteiger partial charge in [0.15, 0.2) is 0 Å². The summed E-state index contributed by atoms with van der Waals surface area (Å²) >= 11 is 0. The Labute approximate surface area is 200 Å². The third kappa shape index (κ3) is 4.86. The van der Waals surface area contributed by atoms with E-state index in [2.05, 4.69) is 44.2 Å². The molecule has 1 unspecified atom stereocenters. The molecule has 0 spiro atoms. The predicted molar refractivity (Wildman–Crippen MR) is 132 cm³/mol. The fourth-order valence-corrected chi connectivity index (χ4v) is 4.54. The third-order valence-corrected chi connectivity index (χ3v) is 6.47. The van der Waals surface area contributed by atoms with Crippen LogP contribution in [0.1, 0.15) is 42.1 Å². The van der Waals surface area contributed by atoms with Gasteiger partial charge >= 0.3 is 12.0 Å². The maximum Gasteiger partial charge on any atom is 0.338 e. The van der Waals surface area contributed by atoms with Crippen LogP contribution in [0.4, 0.5) is 4.79 Å². The van der Waals surface area contributed by atoms with E-state index < -0.39 is 6.10 Å². The van der Waals surface area contributed by atoms with Crippen LogP contribution in [-0.4, -0.2) is 68.7 Å². The van der Waals surface area contributed by atoms with Crippen LogP contribution >= 0.6 is 0 Å². The maximum absolute atomic E-state index is 13.5. The van der Waals surface area contributed by atoms with Gasteiger partial charge in [0.25, 0.3) is 0 Å². The van der Waals surface area contributed by atoms with Crippen LogP contribution in [0.2, 0.25) is 0 Å². The van der Waals surface area contributed by atoms with E-state index in [1.807, 2.05) is 18.2 Å². The number of hydrogen-bond acceptors (Lipinski definition) is 5. The molecule has 7 heteroatoms. The minimum absolute atomic E-state index is 0.119. The van der Waals surface area contributed by atoms with E-state index >= 15 is 0 Å². The zero-order valence-electron chi connectivity index (χ0n) is 20.2. The highest BCUT2D eigenvalue weighted by Crippen LogP contribution is 2.31. The number of hydrogen-bond donors (Lipinski definition) is 0. The van der Waals surface area contributed by atoms with Crippen LogP contribution in [0.3, 0.4) is 0 Å². The van der Waals surface area contributed by atoms with Crippen molar-refractivity contribution in [2.24, 2.45) is 0 Å². The van der Waals surface area contributed by atoms with Crippen LogP contribution in [-0.2, 0) is 14.2 Å². The van der Waals surface area contributed by atoms with Gasteiger partial charge in [-0.1, -0.05) is 44.2 Å². The first-order valence-corrected chi connectivity index (χ1v) is 11.6. The Balaban J connectivity index is 1.67. The van der Waals surface area contributed by atoms with Gasteiger partial charge in [0.2, 0.25) is 0 Å². The second-order valence-electron chi connectivity index (χ2n) is 8.89. The van der Waals surface area contributed by atoms with E-state index in [0.717, 1.165) is 28.1 Å². The van der Waals surface area contributed by atoms with E-state index in [1.165, 1.54) is 29.4 Å². The van der Waals surface area contributed by atoms with Crippen molar-refractivity contribution in [2.45, 2.75) is 32.3 Å². The van der Waals surface area contributed by atoms with E-state index in [9.17, 15) is 9.59 Å². The highest BCUT2D eigenvalue weighted by molar-refractivity contribution is 6.03. The minimum Gasteiger partial charge on any atom is -0.455 e. The standard InChI is InChI=1S/C27H32N2O5/c1-5-18(2)24-12-21-10-19-8-6-7-9-20(19)11-22(21)13-25(24)26(30)34-23-14-28(16-32-3)27(31)29(15-23)17-33-4/h6-13,18,23H,5,14-17H2,1-4H3. The molecule has 3 aromatic carbocycles. The molecule has 1 saturated heterocycles. The summed E-state index contributed by atoms with van der Waals surface area (Å²) in [6.45, 7) is 5.02. The van der Waals surface area contributed by atoms with Crippen LogP contribution in [0.5, 0.6) is 0 Å². The Bertz CT molecular complexity index is 1180. The third-order valence-electron chi connectivity index (χ3n) is 6.47. The first kappa shape index (κ1) is 24.0. The highest BCUT2D eigenvalue weighted by atomic mass is 16.5. The Morgan fingerprint density at radius 3 is 2.03 bits per heavy atom. The topological polar surface area (TPSA) is 68.3 Å². The summed E-state index contributed by atoms with van der Waals surface area (Å²) < 4.78 is 16.3. The van der Waals surface area contributed by atoms with Gasteiger partial charge in [-0.25, -0.2) is 9.59 Å². The molecule has 1 aliphatic heterocycles. The summed E-state index contributed by atoms with van der Waals surface area (Å²) in [6, 6.07) is 16.4.